The smallest absolute Gasteiger partial charge is 0.243 e. The number of unbranched alkanes of at least 4 members (excludes halogenated alkanes) is 1. The van der Waals surface area contributed by atoms with E-state index in [-0.39, 0.29) is 5.91 Å². The third-order valence-corrected chi connectivity index (χ3v) is 2.86. The summed E-state index contributed by atoms with van der Waals surface area (Å²) in [4.78, 5) is 11.4. The number of nitrogens with one attached hydrogen (secondary N) is 1. The molecule has 0 bridgehead atoms. The lowest BCUT2D eigenvalue weighted by molar-refractivity contribution is -0.116. The van der Waals surface area contributed by atoms with Crippen molar-refractivity contribution in [3.05, 3.63) is 60.2 Å². The molecule has 1 rings (SSSR count). The second-order valence-corrected chi connectivity index (χ2v) is 5.30. The van der Waals surface area contributed by atoms with Crippen molar-refractivity contribution in [2.75, 3.05) is 6.54 Å². The number of carbonyl (C=O) groups is 1. The predicted octanol–water partition coefficient (Wildman–Crippen LogP) is 3.89. The lowest BCUT2D eigenvalue weighted by atomic mass is 10.1. The van der Waals surface area contributed by atoms with Gasteiger partial charge in [-0.05, 0) is 30.7 Å². The van der Waals surface area contributed by atoms with Crippen molar-refractivity contribution in [1.29, 1.82) is 0 Å². The van der Waals surface area contributed by atoms with E-state index in [0.717, 1.165) is 25.8 Å². The Balaban J connectivity index is 2.11. The van der Waals surface area contributed by atoms with Gasteiger partial charge in [0, 0.05) is 12.6 Å². The van der Waals surface area contributed by atoms with Crippen molar-refractivity contribution in [2.24, 2.45) is 5.92 Å². The van der Waals surface area contributed by atoms with E-state index in [2.05, 4.69) is 49.5 Å². The van der Waals surface area contributed by atoms with E-state index in [1.165, 1.54) is 5.56 Å². The summed E-state index contributed by atoms with van der Waals surface area (Å²) in [5.41, 5.74) is 1.38. The van der Waals surface area contributed by atoms with Gasteiger partial charge in [0.1, 0.15) is 0 Å². The largest absolute Gasteiger partial charge is 0.352 e. The molecule has 1 aromatic carbocycles. The number of hydrogen-bond acceptors (Lipinski definition) is 1. The first kappa shape index (κ1) is 16.2. The molecule has 0 atom stereocenters. The minimum Gasteiger partial charge on any atom is -0.352 e. The maximum atomic E-state index is 11.4. The molecule has 0 spiro atoms. The van der Waals surface area contributed by atoms with E-state index in [4.69, 9.17) is 0 Å². The van der Waals surface area contributed by atoms with Crippen molar-refractivity contribution < 1.29 is 4.79 Å². The summed E-state index contributed by atoms with van der Waals surface area (Å²) in [6.45, 7) is 4.89. The summed E-state index contributed by atoms with van der Waals surface area (Å²) in [6, 6.07) is 10.5. The Bertz CT molecular complexity index is 432. The zero-order valence-electron chi connectivity index (χ0n) is 12.5. The Morgan fingerprint density at radius 1 is 1.20 bits per heavy atom. The van der Waals surface area contributed by atoms with Crippen LogP contribution in [0.15, 0.2) is 54.6 Å². The summed E-state index contributed by atoms with van der Waals surface area (Å²) in [7, 11) is 0. The molecular formula is C18H25NO. The molecule has 0 aliphatic heterocycles. The van der Waals surface area contributed by atoms with Crippen LogP contribution >= 0.6 is 0 Å². The van der Waals surface area contributed by atoms with E-state index in [1.54, 1.807) is 12.2 Å². The molecule has 0 saturated carbocycles. The van der Waals surface area contributed by atoms with Gasteiger partial charge in [0.2, 0.25) is 5.91 Å². The van der Waals surface area contributed by atoms with Crippen LogP contribution in [0.25, 0.3) is 0 Å². The molecule has 108 valence electrons. The van der Waals surface area contributed by atoms with Crippen molar-refractivity contribution in [3.8, 4) is 0 Å². The summed E-state index contributed by atoms with van der Waals surface area (Å²) < 4.78 is 0. The van der Waals surface area contributed by atoms with E-state index in [1.807, 2.05) is 12.1 Å². The highest BCUT2D eigenvalue weighted by Gasteiger charge is 1.95. The molecule has 0 aliphatic carbocycles. The fraction of sp³-hybridized carbons (Fsp3) is 0.389. The molecule has 0 aromatic heterocycles. The molecule has 1 aromatic rings. The van der Waals surface area contributed by atoms with E-state index >= 15 is 0 Å². The first-order valence-electron chi connectivity index (χ1n) is 7.33. The minimum atomic E-state index is -0.0207. The molecule has 1 amide bonds. The van der Waals surface area contributed by atoms with Crippen LogP contribution in [0, 0.1) is 5.92 Å². The first-order valence-corrected chi connectivity index (χ1v) is 7.33. The molecule has 0 aliphatic rings. The highest BCUT2D eigenvalue weighted by molar-refractivity contribution is 5.87. The topological polar surface area (TPSA) is 29.1 Å². The van der Waals surface area contributed by atoms with Crippen molar-refractivity contribution in [3.63, 3.8) is 0 Å². The van der Waals surface area contributed by atoms with Gasteiger partial charge in [-0.1, -0.05) is 62.4 Å². The van der Waals surface area contributed by atoms with Gasteiger partial charge in [-0.2, -0.15) is 0 Å². The Morgan fingerprint density at radius 3 is 2.65 bits per heavy atom. The fourth-order valence-corrected chi connectivity index (χ4v) is 1.75. The van der Waals surface area contributed by atoms with E-state index < -0.39 is 0 Å². The van der Waals surface area contributed by atoms with Gasteiger partial charge in [0.15, 0.2) is 0 Å². The monoisotopic (exact) mass is 271 g/mol. The Hall–Kier alpha value is -1.83. The van der Waals surface area contributed by atoms with Gasteiger partial charge in [-0.25, -0.2) is 0 Å². The van der Waals surface area contributed by atoms with Crippen LogP contribution < -0.4 is 5.32 Å². The molecule has 0 heterocycles. The quantitative estimate of drug-likeness (QED) is 0.434. The summed E-state index contributed by atoms with van der Waals surface area (Å²) in [6.07, 6.45) is 10.7. The van der Waals surface area contributed by atoms with Crippen LogP contribution in [0.4, 0.5) is 0 Å². The molecule has 20 heavy (non-hydrogen) atoms. The number of benzene rings is 1. The molecule has 2 nitrogen and oxygen atoms in total. The zero-order chi connectivity index (χ0) is 14.6. The predicted molar refractivity (Wildman–Crippen MR) is 85.5 cm³/mol. The Labute approximate surface area is 122 Å². The molecular weight excluding hydrogens is 246 g/mol. The van der Waals surface area contributed by atoms with Gasteiger partial charge in [0.25, 0.3) is 0 Å². The first-order chi connectivity index (χ1) is 9.68. The number of amides is 1. The van der Waals surface area contributed by atoms with Crippen LogP contribution in [-0.4, -0.2) is 12.5 Å². The van der Waals surface area contributed by atoms with Crippen molar-refractivity contribution in [2.45, 2.75) is 33.1 Å². The lowest BCUT2D eigenvalue weighted by Gasteiger charge is -2.03. The van der Waals surface area contributed by atoms with Crippen molar-refractivity contribution >= 4 is 5.91 Å². The normalized spacial score (nSPS) is 11.6. The second-order valence-electron chi connectivity index (χ2n) is 5.30. The maximum absolute atomic E-state index is 11.4. The third-order valence-electron chi connectivity index (χ3n) is 2.86. The molecule has 0 unspecified atom stereocenters. The summed E-state index contributed by atoms with van der Waals surface area (Å²) >= 11 is 0. The minimum absolute atomic E-state index is 0.0207. The average molecular weight is 271 g/mol. The lowest BCUT2D eigenvalue weighted by Crippen LogP contribution is -2.25. The molecule has 0 fully saturated rings. The Morgan fingerprint density at radius 2 is 1.95 bits per heavy atom. The second kappa shape index (κ2) is 10.0. The summed E-state index contributed by atoms with van der Waals surface area (Å²) in [5.74, 6) is 0.466. The average Bonchev–Trinajstić information content (AvgIpc) is 2.45. The molecule has 1 N–H and O–H groups in total. The highest BCUT2D eigenvalue weighted by atomic mass is 16.1. The highest BCUT2D eigenvalue weighted by Crippen LogP contribution is 2.04. The Kier molecular flexibility index (Phi) is 8.13. The molecule has 2 heteroatoms. The van der Waals surface area contributed by atoms with Gasteiger partial charge in [-0.3, -0.25) is 4.79 Å². The van der Waals surface area contributed by atoms with Crippen LogP contribution in [0.3, 0.4) is 0 Å². The van der Waals surface area contributed by atoms with E-state index in [9.17, 15) is 4.79 Å². The van der Waals surface area contributed by atoms with Gasteiger partial charge < -0.3 is 5.32 Å². The molecule has 0 saturated heterocycles. The van der Waals surface area contributed by atoms with Crippen LogP contribution in [0.1, 0.15) is 32.3 Å². The van der Waals surface area contributed by atoms with Gasteiger partial charge >= 0.3 is 0 Å². The van der Waals surface area contributed by atoms with Crippen LogP contribution in [-0.2, 0) is 11.2 Å². The third kappa shape index (κ3) is 8.30. The number of aryl methyl sites for hydroxylation is 1. The fourth-order valence-electron chi connectivity index (χ4n) is 1.75. The van der Waals surface area contributed by atoms with E-state index in [0.29, 0.717) is 5.92 Å². The number of carbonyl (C=O) groups excluding carboxylic acids is 1. The summed E-state index contributed by atoms with van der Waals surface area (Å²) in [5, 5.41) is 2.85. The zero-order valence-corrected chi connectivity index (χ0v) is 12.5. The van der Waals surface area contributed by atoms with Gasteiger partial charge in [-0.15, -0.1) is 0 Å². The van der Waals surface area contributed by atoms with Crippen LogP contribution in [0.5, 0.6) is 0 Å². The maximum Gasteiger partial charge on any atom is 0.243 e. The number of hydrogen-bond donors (Lipinski definition) is 1. The van der Waals surface area contributed by atoms with Crippen molar-refractivity contribution in [1.82, 2.24) is 5.32 Å². The standard InChI is InChI=1S/C18H25NO/c1-16(2)15-19-18(20)14-10-5-3-4-7-11-17-12-8-6-9-13-17/h3,5-6,8-10,12-14,16H,4,7,11,15H2,1-2H3,(H,19,20). The molecule has 0 radical (unpaired) electrons. The van der Waals surface area contributed by atoms with Gasteiger partial charge in [0.05, 0.1) is 0 Å². The number of rotatable bonds is 8. The SMILES string of the molecule is CC(C)CNC(=O)C=CC=CCCCc1ccccc1. The van der Waals surface area contributed by atoms with Crippen LogP contribution in [0.2, 0.25) is 0 Å². The number of allylic oxidation sites excluding steroid dienone is 3.